The fourth-order valence-electron chi connectivity index (χ4n) is 1.94. The summed E-state index contributed by atoms with van der Waals surface area (Å²) in [4.78, 5) is 35.0. The first-order valence-corrected chi connectivity index (χ1v) is 7.07. The van der Waals surface area contributed by atoms with E-state index in [2.05, 4.69) is 10.6 Å². The van der Waals surface area contributed by atoms with Crippen molar-refractivity contribution in [3.8, 4) is 10.4 Å². The molecular formula is C14H14N4O3S. The van der Waals surface area contributed by atoms with Gasteiger partial charge in [-0.15, -0.1) is 11.3 Å². The maximum Gasteiger partial charge on any atom is 0.317 e. The summed E-state index contributed by atoms with van der Waals surface area (Å²) in [6, 6.07) is 7.65. The molecule has 1 aromatic carbocycles. The van der Waals surface area contributed by atoms with E-state index in [1.807, 2.05) is 0 Å². The highest BCUT2D eigenvalue weighted by Crippen LogP contribution is 2.36. The number of amides is 4. The summed E-state index contributed by atoms with van der Waals surface area (Å²) in [5.41, 5.74) is 11.6. The van der Waals surface area contributed by atoms with Gasteiger partial charge in [-0.1, -0.05) is 18.2 Å². The van der Waals surface area contributed by atoms with Crippen molar-refractivity contribution in [2.45, 2.75) is 0 Å². The lowest BCUT2D eigenvalue weighted by molar-refractivity contribution is 0.0962. The number of anilines is 1. The predicted octanol–water partition coefficient (Wildman–Crippen LogP) is 1.36. The Morgan fingerprint density at radius 1 is 1.09 bits per heavy atom. The monoisotopic (exact) mass is 318 g/mol. The summed E-state index contributed by atoms with van der Waals surface area (Å²) in [6.07, 6.45) is 0. The van der Waals surface area contributed by atoms with Crippen molar-refractivity contribution < 1.29 is 14.4 Å². The van der Waals surface area contributed by atoms with Crippen molar-refractivity contribution in [1.82, 2.24) is 5.32 Å². The van der Waals surface area contributed by atoms with Crippen molar-refractivity contribution in [1.29, 1.82) is 0 Å². The Morgan fingerprint density at radius 3 is 2.36 bits per heavy atom. The molecule has 0 aliphatic carbocycles. The molecule has 0 fully saturated rings. The molecule has 0 bridgehead atoms. The molecule has 4 amide bonds. The minimum Gasteiger partial charge on any atom is -0.366 e. The molecule has 22 heavy (non-hydrogen) atoms. The van der Waals surface area contributed by atoms with Crippen LogP contribution in [-0.4, -0.2) is 24.9 Å². The molecule has 1 heterocycles. The SMILES string of the molecule is CNC(=O)c1ccccc1-c1cc(C(N)=O)c(NC(N)=O)s1. The van der Waals surface area contributed by atoms with Crippen LogP contribution in [0.1, 0.15) is 20.7 Å². The van der Waals surface area contributed by atoms with Crippen LogP contribution in [0.25, 0.3) is 10.4 Å². The third kappa shape index (κ3) is 3.07. The van der Waals surface area contributed by atoms with Crippen LogP contribution in [0.15, 0.2) is 30.3 Å². The second-order valence-electron chi connectivity index (χ2n) is 4.33. The number of carbonyl (C=O) groups excluding carboxylic acids is 3. The average Bonchev–Trinajstić information content (AvgIpc) is 2.89. The van der Waals surface area contributed by atoms with Gasteiger partial charge in [-0.2, -0.15) is 0 Å². The number of benzene rings is 1. The Kier molecular flexibility index (Phi) is 4.42. The molecular weight excluding hydrogens is 304 g/mol. The maximum absolute atomic E-state index is 11.9. The third-order valence-corrected chi connectivity index (χ3v) is 3.98. The van der Waals surface area contributed by atoms with E-state index in [9.17, 15) is 14.4 Å². The van der Waals surface area contributed by atoms with Gasteiger partial charge in [0, 0.05) is 23.1 Å². The standard InChI is InChI=1S/C14H14N4O3S/c1-17-12(20)8-5-3-2-4-7(8)10-6-9(11(15)19)13(22-10)18-14(16)21/h2-6H,1H3,(H2,15,19)(H,17,20)(H3,16,18,21). The number of nitrogens with one attached hydrogen (secondary N) is 2. The molecule has 0 spiro atoms. The highest BCUT2D eigenvalue weighted by atomic mass is 32.1. The summed E-state index contributed by atoms with van der Waals surface area (Å²) >= 11 is 1.12. The second kappa shape index (κ2) is 6.27. The molecule has 0 radical (unpaired) electrons. The van der Waals surface area contributed by atoms with E-state index in [0.717, 1.165) is 11.3 Å². The van der Waals surface area contributed by atoms with Crippen LogP contribution in [0.2, 0.25) is 0 Å². The van der Waals surface area contributed by atoms with Gasteiger partial charge in [0.15, 0.2) is 0 Å². The number of urea groups is 1. The fourth-order valence-corrected chi connectivity index (χ4v) is 3.05. The van der Waals surface area contributed by atoms with E-state index in [4.69, 9.17) is 11.5 Å². The number of hydrogen-bond donors (Lipinski definition) is 4. The van der Waals surface area contributed by atoms with Crippen LogP contribution < -0.4 is 22.1 Å². The van der Waals surface area contributed by atoms with Gasteiger partial charge < -0.3 is 16.8 Å². The Hall–Kier alpha value is -2.87. The highest BCUT2D eigenvalue weighted by Gasteiger charge is 2.19. The molecule has 0 aliphatic rings. The van der Waals surface area contributed by atoms with Crippen LogP contribution in [0, 0.1) is 0 Å². The zero-order valence-corrected chi connectivity index (χ0v) is 12.5. The van der Waals surface area contributed by atoms with Gasteiger partial charge in [0.05, 0.1) is 5.56 Å². The summed E-state index contributed by atoms with van der Waals surface area (Å²) in [6.45, 7) is 0. The van der Waals surface area contributed by atoms with Crippen LogP contribution in [-0.2, 0) is 0 Å². The van der Waals surface area contributed by atoms with Crippen LogP contribution >= 0.6 is 11.3 Å². The molecule has 2 rings (SSSR count). The van der Waals surface area contributed by atoms with E-state index in [1.54, 1.807) is 24.3 Å². The largest absolute Gasteiger partial charge is 0.366 e. The van der Waals surface area contributed by atoms with Crippen molar-refractivity contribution in [2.24, 2.45) is 11.5 Å². The minimum atomic E-state index is -0.796. The third-order valence-electron chi connectivity index (χ3n) is 2.90. The topological polar surface area (TPSA) is 127 Å². The van der Waals surface area contributed by atoms with E-state index < -0.39 is 11.9 Å². The second-order valence-corrected chi connectivity index (χ2v) is 5.38. The number of rotatable bonds is 4. The Labute approximate surface area is 130 Å². The maximum atomic E-state index is 11.9. The molecule has 0 saturated heterocycles. The predicted molar refractivity (Wildman–Crippen MR) is 84.9 cm³/mol. The normalized spacial score (nSPS) is 10.0. The molecule has 2 aromatic rings. The average molecular weight is 318 g/mol. The minimum absolute atomic E-state index is 0.144. The molecule has 0 atom stereocenters. The van der Waals surface area contributed by atoms with Crippen molar-refractivity contribution in [3.63, 3.8) is 0 Å². The molecule has 6 N–H and O–H groups in total. The zero-order chi connectivity index (χ0) is 16.3. The van der Waals surface area contributed by atoms with E-state index >= 15 is 0 Å². The van der Waals surface area contributed by atoms with E-state index in [0.29, 0.717) is 16.0 Å². The smallest absolute Gasteiger partial charge is 0.317 e. The van der Waals surface area contributed by atoms with Gasteiger partial charge in [0.1, 0.15) is 5.00 Å². The summed E-state index contributed by atoms with van der Waals surface area (Å²) < 4.78 is 0. The first-order chi connectivity index (χ1) is 10.4. The van der Waals surface area contributed by atoms with Crippen molar-refractivity contribution in [3.05, 3.63) is 41.5 Å². The lowest BCUT2D eigenvalue weighted by Gasteiger charge is -2.05. The summed E-state index contributed by atoms with van der Waals surface area (Å²) in [7, 11) is 1.53. The zero-order valence-electron chi connectivity index (χ0n) is 11.7. The van der Waals surface area contributed by atoms with Gasteiger partial charge in [0.25, 0.3) is 11.8 Å². The molecule has 0 aliphatic heterocycles. The fraction of sp³-hybridized carbons (Fsp3) is 0.0714. The summed E-state index contributed by atoms with van der Waals surface area (Å²) in [5, 5.41) is 5.17. The van der Waals surface area contributed by atoms with Crippen LogP contribution in [0.5, 0.6) is 0 Å². The summed E-state index contributed by atoms with van der Waals surface area (Å²) in [5.74, 6) is -0.947. The Balaban J connectivity index is 2.57. The number of primary amides is 2. The van der Waals surface area contributed by atoms with Gasteiger partial charge >= 0.3 is 6.03 Å². The van der Waals surface area contributed by atoms with Gasteiger partial charge in [0.2, 0.25) is 0 Å². The molecule has 114 valence electrons. The molecule has 8 heteroatoms. The van der Waals surface area contributed by atoms with Gasteiger partial charge in [-0.25, -0.2) is 4.79 Å². The molecule has 0 unspecified atom stereocenters. The first-order valence-electron chi connectivity index (χ1n) is 6.25. The van der Waals surface area contributed by atoms with Crippen molar-refractivity contribution >= 4 is 34.2 Å². The van der Waals surface area contributed by atoms with Gasteiger partial charge in [-0.05, 0) is 12.1 Å². The van der Waals surface area contributed by atoms with Crippen molar-refractivity contribution in [2.75, 3.05) is 12.4 Å². The Bertz CT molecular complexity index is 754. The van der Waals surface area contributed by atoms with E-state index in [1.165, 1.54) is 13.1 Å². The quantitative estimate of drug-likeness (QED) is 0.679. The lowest BCUT2D eigenvalue weighted by Crippen LogP contribution is -2.21. The molecule has 0 saturated carbocycles. The highest BCUT2D eigenvalue weighted by molar-refractivity contribution is 7.20. The first kappa shape index (κ1) is 15.5. The Morgan fingerprint density at radius 2 is 1.77 bits per heavy atom. The van der Waals surface area contributed by atoms with E-state index in [-0.39, 0.29) is 16.5 Å². The van der Waals surface area contributed by atoms with Crippen LogP contribution in [0.4, 0.5) is 9.80 Å². The number of thiophene rings is 1. The number of carbonyl (C=O) groups is 3. The van der Waals surface area contributed by atoms with Crippen LogP contribution in [0.3, 0.4) is 0 Å². The number of hydrogen-bond acceptors (Lipinski definition) is 4. The lowest BCUT2D eigenvalue weighted by atomic mass is 10.0. The molecule has 7 nitrogen and oxygen atoms in total. The number of nitrogens with two attached hydrogens (primary N) is 2. The molecule has 1 aromatic heterocycles. The van der Waals surface area contributed by atoms with Gasteiger partial charge in [-0.3, -0.25) is 14.9 Å².